The van der Waals surface area contributed by atoms with E-state index in [0.29, 0.717) is 11.3 Å². The second-order valence-corrected chi connectivity index (χ2v) is 10.2. The van der Waals surface area contributed by atoms with E-state index in [1.807, 2.05) is 11.0 Å². The molecule has 7 nitrogen and oxygen atoms in total. The van der Waals surface area contributed by atoms with E-state index in [1.54, 1.807) is 48.5 Å². The minimum absolute atomic E-state index is 0.193. The Morgan fingerprint density at radius 1 is 0.903 bits per heavy atom. The third-order valence-electron chi connectivity index (χ3n) is 6.30. The van der Waals surface area contributed by atoms with Crippen LogP contribution in [0, 0.1) is 11.8 Å². The number of hydrogen-bond acceptors (Lipinski definition) is 6. The largest absolute Gasteiger partial charge is 0.293 e. The van der Waals surface area contributed by atoms with Gasteiger partial charge < -0.3 is 0 Å². The van der Waals surface area contributed by atoms with Crippen molar-refractivity contribution >= 4 is 33.1 Å². The zero-order valence-electron chi connectivity index (χ0n) is 16.7. The molecule has 2 fully saturated rings. The summed E-state index contributed by atoms with van der Waals surface area (Å²) in [6, 6.07) is 14.1. The van der Waals surface area contributed by atoms with Crippen LogP contribution >= 0.6 is 0 Å². The highest BCUT2D eigenvalue weighted by molar-refractivity contribution is 7.90. The number of imide groups is 1. The maximum absolute atomic E-state index is 13.3. The summed E-state index contributed by atoms with van der Waals surface area (Å²) >= 11 is 0. The highest BCUT2D eigenvalue weighted by atomic mass is 32.2. The van der Waals surface area contributed by atoms with Crippen LogP contribution in [0.3, 0.4) is 0 Å². The van der Waals surface area contributed by atoms with E-state index >= 15 is 0 Å². The number of sulfone groups is 1. The van der Waals surface area contributed by atoms with E-state index < -0.39 is 33.8 Å². The number of hydrogen-bond donors (Lipinski definition) is 0. The molecule has 3 aliphatic heterocycles. The normalized spacial score (nSPS) is 27.8. The Morgan fingerprint density at radius 2 is 1.61 bits per heavy atom. The molecule has 3 aliphatic rings. The maximum atomic E-state index is 13.3. The summed E-state index contributed by atoms with van der Waals surface area (Å²) in [6.07, 6.45) is 4.30. The van der Waals surface area contributed by atoms with Gasteiger partial charge in [-0.3, -0.25) is 19.3 Å². The molecule has 0 aromatic heterocycles. The first-order valence-electron chi connectivity index (χ1n) is 9.97. The summed E-state index contributed by atoms with van der Waals surface area (Å²) in [6.45, 7) is 0.271. The van der Waals surface area contributed by atoms with Crippen LogP contribution in [0.15, 0.2) is 71.6 Å². The summed E-state index contributed by atoms with van der Waals surface area (Å²) in [7, 11) is -3.37. The molecule has 5 rings (SSSR count). The first-order chi connectivity index (χ1) is 14.8. The molecular weight excluding hydrogens is 416 g/mol. The molecular formula is C23H20N2O5S. The van der Waals surface area contributed by atoms with Gasteiger partial charge in [0.15, 0.2) is 15.6 Å². The van der Waals surface area contributed by atoms with E-state index in [0.717, 1.165) is 6.26 Å². The molecule has 0 aliphatic carbocycles. The van der Waals surface area contributed by atoms with Crippen molar-refractivity contribution in [3.63, 3.8) is 0 Å². The number of rotatable bonds is 4. The first-order valence-corrected chi connectivity index (χ1v) is 11.9. The number of carbonyl (C=O) groups is 3. The molecule has 0 radical (unpaired) electrons. The fraction of sp³-hybridized carbons (Fsp3) is 0.261. The number of anilines is 1. The first kappa shape index (κ1) is 19.8. The summed E-state index contributed by atoms with van der Waals surface area (Å²) < 4.78 is 23.8. The topological polar surface area (TPSA) is 91.8 Å². The van der Waals surface area contributed by atoms with E-state index in [9.17, 15) is 22.8 Å². The van der Waals surface area contributed by atoms with Crippen molar-refractivity contribution in [2.75, 3.05) is 11.2 Å². The van der Waals surface area contributed by atoms with Crippen LogP contribution in [0.5, 0.6) is 0 Å². The molecule has 2 bridgehead atoms. The van der Waals surface area contributed by atoms with Gasteiger partial charge in [0.05, 0.1) is 28.5 Å². The lowest BCUT2D eigenvalue weighted by Gasteiger charge is -2.33. The van der Waals surface area contributed by atoms with Crippen LogP contribution in [0.2, 0.25) is 0 Å². The summed E-state index contributed by atoms with van der Waals surface area (Å²) in [5.41, 5.74) is 1.22. The zero-order chi connectivity index (χ0) is 21.9. The van der Waals surface area contributed by atoms with Crippen LogP contribution in [0.1, 0.15) is 5.56 Å². The van der Waals surface area contributed by atoms with Crippen molar-refractivity contribution in [3.8, 4) is 0 Å². The molecule has 0 spiro atoms. The smallest absolute Gasteiger partial charge is 0.239 e. The van der Waals surface area contributed by atoms with Crippen molar-refractivity contribution in [1.82, 2.24) is 4.90 Å². The van der Waals surface area contributed by atoms with Crippen LogP contribution < -0.4 is 4.90 Å². The maximum Gasteiger partial charge on any atom is 0.239 e. The molecule has 2 aromatic rings. The van der Waals surface area contributed by atoms with Crippen LogP contribution in [0.25, 0.3) is 0 Å². The summed E-state index contributed by atoms with van der Waals surface area (Å²) in [5.74, 6) is -2.26. The standard InChI is InChI=1S/C23H20N2O5S/c1-31(29,30)16-9-5-6-14(12-16)13-24-17-10-11-18(26)21(24)20-19(17)22(27)25(23(20)28)15-7-3-2-4-8-15/h2-12,17,19-21H,13H2,1H3/t17-,19-,20-,21+/m0/s1. The van der Waals surface area contributed by atoms with Crippen LogP contribution in [-0.4, -0.2) is 49.3 Å². The van der Waals surface area contributed by atoms with E-state index in [1.165, 1.54) is 17.0 Å². The molecule has 31 heavy (non-hydrogen) atoms. The SMILES string of the molecule is CS(=O)(=O)c1cccc(CN2[C@@H]3C(=O)C=C[C@H]2[C@@H]2C(=O)N(c4ccccc4)C(=O)[C@@H]23)c1. The quantitative estimate of drug-likeness (QED) is 0.676. The Kier molecular flexibility index (Phi) is 4.46. The summed E-state index contributed by atoms with van der Waals surface area (Å²) in [4.78, 5) is 42.6. The van der Waals surface area contributed by atoms with Gasteiger partial charge in [0.1, 0.15) is 0 Å². The van der Waals surface area contributed by atoms with E-state index in [-0.39, 0.29) is 29.0 Å². The zero-order valence-corrected chi connectivity index (χ0v) is 17.5. The van der Waals surface area contributed by atoms with Crippen molar-refractivity contribution in [1.29, 1.82) is 0 Å². The molecule has 0 unspecified atom stereocenters. The van der Waals surface area contributed by atoms with Gasteiger partial charge in [0.25, 0.3) is 0 Å². The van der Waals surface area contributed by atoms with E-state index in [4.69, 9.17) is 0 Å². The Hall–Kier alpha value is -3.10. The second-order valence-electron chi connectivity index (χ2n) is 8.19. The van der Waals surface area contributed by atoms with Gasteiger partial charge in [-0.1, -0.05) is 36.4 Å². The van der Waals surface area contributed by atoms with Gasteiger partial charge in [-0.2, -0.15) is 0 Å². The second kappa shape index (κ2) is 6.96. The number of nitrogens with zero attached hydrogens (tertiary/aromatic N) is 2. The van der Waals surface area contributed by atoms with Gasteiger partial charge in [-0.05, 0) is 35.9 Å². The van der Waals surface area contributed by atoms with Gasteiger partial charge >= 0.3 is 0 Å². The van der Waals surface area contributed by atoms with Gasteiger partial charge in [-0.15, -0.1) is 0 Å². The Morgan fingerprint density at radius 3 is 2.32 bits per heavy atom. The number of benzene rings is 2. The van der Waals surface area contributed by atoms with Gasteiger partial charge in [0.2, 0.25) is 11.8 Å². The molecule has 2 aromatic carbocycles. The predicted octanol–water partition coefficient (Wildman–Crippen LogP) is 1.59. The average molecular weight is 436 g/mol. The van der Waals surface area contributed by atoms with Crippen LogP contribution in [-0.2, 0) is 30.8 Å². The lowest BCUT2D eigenvalue weighted by Crippen LogP contribution is -2.48. The number of ketones is 1. The molecule has 0 saturated carbocycles. The minimum Gasteiger partial charge on any atom is -0.293 e. The summed E-state index contributed by atoms with van der Waals surface area (Å²) in [5, 5.41) is 0. The Balaban J connectivity index is 1.50. The highest BCUT2D eigenvalue weighted by Gasteiger charge is 2.64. The van der Waals surface area contributed by atoms with Crippen molar-refractivity contribution in [2.24, 2.45) is 11.8 Å². The predicted molar refractivity (Wildman–Crippen MR) is 113 cm³/mol. The Bertz CT molecular complexity index is 1240. The minimum atomic E-state index is -3.37. The van der Waals surface area contributed by atoms with Crippen molar-refractivity contribution in [2.45, 2.75) is 23.5 Å². The number of carbonyl (C=O) groups excluding carboxylic acids is 3. The molecule has 3 heterocycles. The average Bonchev–Trinajstić information content (AvgIpc) is 3.12. The molecule has 2 saturated heterocycles. The lowest BCUT2D eigenvalue weighted by molar-refractivity contribution is -0.129. The molecule has 158 valence electrons. The number of para-hydroxylation sites is 1. The third kappa shape index (κ3) is 3.05. The highest BCUT2D eigenvalue weighted by Crippen LogP contribution is 2.47. The van der Waals surface area contributed by atoms with Crippen molar-refractivity contribution in [3.05, 3.63) is 72.3 Å². The number of amides is 2. The molecule has 8 heteroatoms. The number of fused-ring (bicyclic) bond motifs is 5. The van der Waals surface area contributed by atoms with E-state index in [2.05, 4.69) is 0 Å². The Labute approximate surface area is 179 Å². The monoisotopic (exact) mass is 436 g/mol. The van der Waals surface area contributed by atoms with Crippen LogP contribution in [0.4, 0.5) is 5.69 Å². The molecule has 0 N–H and O–H groups in total. The van der Waals surface area contributed by atoms with Gasteiger partial charge in [0, 0.05) is 18.8 Å². The fourth-order valence-electron chi connectivity index (χ4n) is 4.99. The fourth-order valence-corrected chi connectivity index (χ4v) is 5.68. The third-order valence-corrected chi connectivity index (χ3v) is 7.41. The molecule has 2 amide bonds. The lowest BCUT2D eigenvalue weighted by atomic mass is 9.90. The molecule has 4 atom stereocenters. The van der Waals surface area contributed by atoms with Gasteiger partial charge in [-0.25, -0.2) is 13.3 Å². The van der Waals surface area contributed by atoms with Crippen molar-refractivity contribution < 1.29 is 22.8 Å².